The maximum absolute atomic E-state index is 10.4. The van der Waals surface area contributed by atoms with Gasteiger partial charge in [0.05, 0.1) is 0 Å². The van der Waals surface area contributed by atoms with Crippen molar-refractivity contribution in [3.63, 3.8) is 0 Å². The standard InChI is InChI=1S/C27H50O2/c1-2-3-4-5-6-7-8-9-10-11-12-13-14-15-16-17-18-19-20-21-22-23-24-25-26-27(28)29/h14-15,17-18H,2-13,16,19-26H2,1H3,(H,28,29). The van der Waals surface area contributed by atoms with Gasteiger partial charge in [-0.1, -0.05) is 121 Å². The first-order valence-electron chi connectivity index (χ1n) is 12.8. The Bertz CT molecular complexity index is 384. The van der Waals surface area contributed by atoms with Crippen LogP contribution in [0.1, 0.15) is 142 Å². The Morgan fingerprint density at radius 2 is 0.931 bits per heavy atom. The molecule has 29 heavy (non-hydrogen) atoms. The van der Waals surface area contributed by atoms with Gasteiger partial charge in [-0.3, -0.25) is 4.79 Å². The average molecular weight is 407 g/mol. The van der Waals surface area contributed by atoms with Gasteiger partial charge >= 0.3 is 5.97 Å². The zero-order valence-corrected chi connectivity index (χ0v) is 19.5. The molecule has 0 amide bonds. The highest BCUT2D eigenvalue weighted by atomic mass is 16.4. The number of unbranched alkanes of at least 4 members (excludes halogenated alkanes) is 17. The number of carboxylic acids is 1. The predicted molar refractivity (Wildman–Crippen MR) is 129 cm³/mol. The molecule has 2 nitrogen and oxygen atoms in total. The molecule has 0 radical (unpaired) electrons. The van der Waals surface area contributed by atoms with Gasteiger partial charge in [0.2, 0.25) is 0 Å². The lowest BCUT2D eigenvalue weighted by molar-refractivity contribution is -0.137. The van der Waals surface area contributed by atoms with E-state index in [2.05, 4.69) is 31.2 Å². The van der Waals surface area contributed by atoms with Gasteiger partial charge in [-0.25, -0.2) is 0 Å². The summed E-state index contributed by atoms with van der Waals surface area (Å²) in [6, 6.07) is 0. The second kappa shape index (κ2) is 25.0. The monoisotopic (exact) mass is 406 g/mol. The van der Waals surface area contributed by atoms with Crippen molar-refractivity contribution >= 4 is 5.97 Å². The lowest BCUT2D eigenvalue weighted by Crippen LogP contribution is -1.93. The Kier molecular flexibility index (Phi) is 24.1. The molecule has 0 aliphatic carbocycles. The second-order valence-corrected chi connectivity index (χ2v) is 8.56. The van der Waals surface area contributed by atoms with E-state index in [-0.39, 0.29) is 0 Å². The van der Waals surface area contributed by atoms with Crippen LogP contribution in [-0.2, 0) is 4.79 Å². The van der Waals surface area contributed by atoms with Crippen molar-refractivity contribution in [3.8, 4) is 0 Å². The Balaban J connectivity index is 3.17. The number of hydrogen-bond acceptors (Lipinski definition) is 1. The summed E-state index contributed by atoms with van der Waals surface area (Å²) in [7, 11) is 0. The molecule has 2 heteroatoms. The molecule has 0 fully saturated rings. The first-order chi connectivity index (χ1) is 14.3. The number of carboxylic acid groups (broad SMARTS) is 1. The van der Waals surface area contributed by atoms with Crippen LogP contribution in [0, 0.1) is 0 Å². The third-order valence-electron chi connectivity index (χ3n) is 5.59. The van der Waals surface area contributed by atoms with Gasteiger partial charge in [-0.2, -0.15) is 0 Å². The first kappa shape index (κ1) is 27.9. The molecule has 0 aromatic carbocycles. The molecule has 0 bridgehead atoms. The molecule has 0 heterocycles. The zero-order valence-electron chi connectivity index (χ0n) is 19.5. The molecule has 0 aromatic heterocycles. The molecule has 0 spiro atoms. The zero-order chi connectivity index (χ0) is 21.3. The summed E-state index contributed by atoms with van der Waals surface area (Å²) in [6.07, 6.45) is 35.6. The minimum atomic E-state index is -0.664. The molecule has 170 valence electrons. The largest absolute Gasteiger partial charge is 0.481 e. The van der Waals surface area contributed by atoms with Crippen LogP contribution in [0.4, 0.5) is 0 Å². The number of hydrogen-bond donors (Lipinski definition) is 1. The third-order valence-corrected chi connectivity index (χ3v) is 5.59. The summed E-state index contributed by atoms with van der Waals surface area (Å²) in [5, 5.41) is 8.58. The quantitative estimate of drug-likeness (QED) is 0.135. The van der Waals surface area contributed by atoms with Crippen LogP contribution in [0.25, 0.3) is 0 Å². The van der Waals surface area contributed by atoms with E-state index < -0.39 is 5.97 Å². The highest BCUT2D eigenvalue weighted by Crippen LogP contribution is 2.12. The van der Waals surface area contributed by atoms with E-state index >= 15 is 0 Å². The lowest BCUT2D eigenvalue weighted by Gasteiger charge is -2.01. The maximum Gasteiger partial charge on any atom is 0.303 e. The molecule has 0 aromatic rings. The highest BCUT2D eigenvalue weighted by molar-refractivity contribution is 5.66. The molecule has 0 unspecified atom stereocenters. The molecule has 0 atom stereocenters. The first-order valence-corrected chi connectivity index (χ1v) is 12.8. The van der Waals surface area contributed by atoms with E-state index in [9.17, 15) is 4.79 Å². The van der Waals surface area contributed by atoms with Crippen molar-refractivity contribution < 1.29 is 9.90 Å². The fourth-order valence-electron chi connectivity index (χ4n) is 3.68. The van der Waals surface area contributed by atoms with E-state index in [0.29, 0.717) is 6.42 Å². The minimum Gasteiger partial charge on any atom is -0.481 e. The van der Waals surface area contributed by atoms with Crippen LogP contribution in [-0.4, -0.2) is 11.1 Å². The molecule has 0 rings (SSSR count). The Morgan fingerprint density at radius 3 is 1.34 bits per heavy atom. The van der Waals surface area contributed by atoms with Gasteiger partial charge < -0.3 is 5.11 Å². The molecule has 1 N–H and O–H groups in total. The van der Waals surface area contributed by atoms with E-state index in [1.807, 2.05) is 0 Å². The van der Waals surface area contributed by atoms with Crippen LogP contribution in [0.3, 0.4) is 0 Å². The van der Waals surface area contributed by atoms with Gasteiger partial charge in [0.15, 0.2) is 0 Å². The van der Waals surface area contributed by atoms with Crippen LogP contribution < -0.4 is 0 Å². The van der Waals surface area contributed by atoms with E-state index in [1.165, 1.54) is 109 Å². The molecule has 0 saturated heterocycles. The molecular formula is C27H50O2. The van der Waals surface area contributed by atoms with Gasteiger partial charge in [0.1, 0.15) is 0 Å². The van der Waals surface area contributed by atoms with Crippen LogP contribution in [0.2, 0.25) is 0 Å². The van der Waals surface area contributed by atoms with Crippen molar-refractivity contribution in [3.05, 3.63) is 24.3 Å². The van der Waals surface area contributed by atoms with Gasteiger partial charge in [-0.15, -0.1) is 0 Å². The van der Waals surface area contributed by atoms with Crippen LogP contribution in [0.5, 0.6) is 0 Å². The Labute approximate surface area is 182 Å². The van der Waals surface area contributed by atoms with Crippen molar-refractivity contribution in [2.45, 2.75) is 142 Å². The fourth-order valence-corrected chi connectivity index (χ4v) is 3.68. The fraction of sp³-hybridized carbons (Fsp3) is 0.815. The molecular weight excluding hydrogens is 356 g/mol. The number of rotatable bonds is 23. The summed E-state index contributed by atoms with van der Waals surface area (Å²) < 4.78 is 0. The van der Waals surface area contributed by atoms with Gasteiger partial charge in [0, 0.05) is 6.42 Å². The minimum absolute atomic E-state index is 0.329. The normalized spacial score (nSPS) is 11.8. The summed E-state index contributed by atoms with van der Waals surface area (Å²) in [4.78, 5) is 10.4. The SMILES string of the molecule is CCCCCCCCCCCCCC=CCC=CCCCCCCCCC(=O)O. The lowest BCUT2D eigenvalue weighted by atomic mass is 10.1. The maximum atomic E-state index is 10.4. The van der Waals surface area contributed by atoms with E-state index in [0.717, 1.165) is 19.3 Å². The molecule has 0 aliphatic heterocycles. The summed E-state index contributed by atoms with van der Waals surface area (Å²) in [6.45, 7) is 2.28. The Hall–Kier alpha value is -1.05. The summed E-state index contributed by atoms with van der Waals surface area (Å²) >= 11 is 0. The third kappa shape index (κ3) is 26.9. The van der Waals surface area contributed by atoms with Crippen LogP contribution in [0.15, 0.2) is 24.3 Å². The van der Waals surface area contributed by atoms with Gasteiger partial charge in [0.25, 0.3) is 0 Å². The average Bonchev–Trinajstić information content (AvgIpc) is 2.71. The molecule has 0 saturated carbocycles. The van der Waals surface area contributed by atoms with E-state index in [1.54, 1.807) is 0 Å². The summed E-state index contributed by atoms with van der Waals surface area (Å²) in [5.74, 6) is -0.664. The van der Waals surface area contributed by atoms with Crippen LogP contribution >= 0.6 is 0 Å². The van der Waals surface area contributed by atoms with Crippen molar-refractivity contribution in [2.24, 2.45) is 0 Å². The molecule has 0 aliphatic rings. The number of aliphatic carboxylic acids is 1. The van der Waals surface area contributed by atoms with Crippen molar-refractivity contribution in [1.29, 1.82) is 0 Å². The van der Waals surface area contributed by atoms with Gasteiger partial charge in [-0.05, 0) is 38.5 Å². The topological polar surface area (TPSA) is 37.3 Å². The smallest absolute Gasteiger partial charge is 0.303 e. The van der Waals surface area contributed by atoms with Crippen molar-refractivity contribution in [2.75, 3.05) is 0 Å². The van der Waals surface area contributed by atoms with Crippen molar-refractivity contribution in [1.82, 2.24) is 0 Å². The summed E-state index contributed by atoms with van der Waals surface area (Å²) in [5.41, 5.74) is 0. The predicted octanol–water partition coefficient (Wildman–Crippen LogP) is 9.40. The number of allylic oxidation sites excluding steroid dienone is 4. The highest BCUT2D eigenvalue weighted by Gasteiger charge is 1.96. The Morgan fingerprint density at radius 1 is 0.552 bits per heavy atom. The second-order valence-electron chi connectivity index (χ2n) is 8.56. The number of carbonyl (C=O) groups is 1. The van der Waals surface area contributed by atoms with E-state index in [4.69, 9.17) is 5.11 Å².